The van der Waals surface area contributed by atoms with E-state index in [9.17, 15) is 23.5 Å². The van der Waals surface area contributed by atoms with Gasteiger partial charge in [-0.1, -0.05) is 0 Å². The summed E-state index contributed by atoms with van der Waals surface area (Å²) in [6.45, 7) is 9.83. The van der Waals surface area contributed by atoms with Crippen molar-refractivity contribution in [3.63, 3.8) is 0 Å². The predicted octanol–water partition coefficient (Wildman–Crippen LogP) is -6.62. The maximum atomic E-state index is 9.38. The summed E-state index contributed by atoms with van der Waals surface area (Å²) >= 11 is -12.1. The van der Waals surface area contributed by atoms with E-state index in [4.69, 9.17) is 0 Å². The summed E-state index contributed by atoms with van der Waals surface area (Å²) < 4.78 is 58.9. The van der Waals surface area contributed by atoms with Crippen LogP contribution in [0.15, 0.2) is 0 Å². The fraction of sp³-hybridized carbons (Fsp3) is 1.00. The van der Waals surface area contributed by atoms with Crippen LogP contribution in [0.3, 0.4) is 0 Å². The molecule has 0 saturated carbocycles. The second-order valence-corrected chi connectivity index (χ2v) is 7.76. The van der Waals surface area contributed by atoms with Crippen LogP contribution < -0.4 is 29.6 Å². The summed E-state index contributed by atoms with van der Waals surface area (Å²) in [5.41, 5.74) is 0. The Hall–Kier alpha value is -0.0151. The Morgan fingerprint density at radius 2 is 1.00 bits per heavy atom. The summed E-state index contributed by atoms with van der Waals surface area (Å²) in [4.78, 5) is 0. The Balaban J connectivity index is 0.000000293. The summed E-state index contributed by atoms with van der Waals surface area (Å²) in [6, 6.07) is 0. The molecule has 0 aromatic carbocycles. The van der Waals surface area contributed by atoms with Gasteiger partial charge in [-0.2, -0.15) is 0 Å². The van der Waals surface area contributed by atoms with E-state index in [-0.39, 0.29) is 0 Å². The van der Waals surface area contributed by atoms with Gasteiger partial charge in [-0.05, 0) is 0 Å². The van der Waals surface area contributed by atoms with Crippen LogP contribution >= 0.6 is 0 Å². The van der Waals surface area contributed by atoms with Gasteiger partial charge in [-0.25, -0.2) is 0 Å². The molecule has 0 amide bonds. The molecular formula is C8H22Cr2N4O7. The van der Waals surface area contributed by atoms with Crippen molar-refractivity contribution in [2.75, 3.05) is 52.4 Å². The summed E-state index contributed by atoms with van der Waals surface area (Å²) in [5.74, 6) is 0. The van der Waals surface area contributed by atoms with E-state index in [0.29, 0.717) is 0 Å². The summed E-state index contributed by atoms with van der Waals surface area (Å²) in [6.07, 6.45) is 0. The van der Waals surface area contributed by atoms with Gasteiger partial charge in [-0.3, -0.25) is 0 Å². The third kappa shape index (κ3) is 20.0. The molecule has 128 valence electrons. The molecule has 2 aliphatic rings. The van der Waals surface area contributed by atoms with E-state index in [0.717, 1.165) is 0 Å². The molecule has 13 heteroatoms. The van der Waals surface area contributed by atoms with E-state index in [1.54, 1.807) is 0 Å². The zero-order chi connectivity index (χ0) is 16.2. The minimum atomic E-state index is -6.07. The molecule has 11 nitrogen and oxygen atoms in total. The number of hydrogen-bond donors (Lipinski definition) is 4. The topological polar surface area (TPSA) is 181 Å². The SMILES string of the molecule is C1C[NH2+]CCN1.C1C[NH2+]CCN1.[O]=[Cr](=[O])([O-])[O][Cr](=[O])(=[O])[O-]. The molecule has 0 atom stereocenters. The van der Waals surface area contributed by atoms with E-state index >= 15 is 0 Å². The fourth-order valence-electron chi connectivity index (χ4n) is 1.46. The molecule has 2 rings (SSSR count). The average Bonchev–Trinajstić information content (AvgIpc) is 2.40. The van der Waals surface area contributed by atoms with Crippen LogP contribution in [0.1, 0.15) is 0 Å². The van der Waals surface area contributed by atoms with Gasteiger partial charge >= 0.3 is 53.6 Å². The normalized spacial score (nSPS) is 19.5. The van der Waals surface area contributed by atoms with Gasteiger partial charge in [-0.15, -0.1) is 0 Å². The van der Waals surface area contributed by atoms with Crippen molar-refractivity contribution in [1.82, 2.24) is 10.6 Å². The first-order chi connectivity index (χ1) is 9.71. The Morgan fingerprint density at radius 3 is 1.05 bits per heavy atom. The van der Waals surface area contributed by atoms with Crippen LogP contribution in [0.4, 0.5) is 0 Å². The third-order valence-electron chi connectivity index (χ3n) is 2.27. The van der Waals surface area contributed by atoms with Gasteiger partial charge in [0.15, 0.2) is 0 Å². The standard InChI is InChI=1S/2C4H10N2.2Cr.7O/c2*1-2-6-4-3-5-1;;;;;;;;;/h2*5-6H,1-4H2;;;;;;;;;/q;;;;;;;;;2*-1/p+2. The van der Waals surface area contributed by atoms with E-state index in [1.165, 1.54) is 52.4 Å². The van der Waals surface area contributed by atoms with Crippen LogP contribution in [0.25, 0.3) is 0 Å². The van der Waals surface area contributed by atoms with Gasteiger partial charge in [0.2, 0.25) is 0 Å². The first-order valence-corrected chi connectivity index (χ1v) is 10.5. The first kappa shape index (κ1) is 21.0. The number of piperazine rings is 2. The molecule has 0 bridgehead atoms. The van der Waals surface area contributed by atoms with Gasteiger partial charge in [0.25, 0.3) is 0 Å². The van der Waals surface area contributed by atoms with Gasteiger partial charge < -0.3 is 21.3 Å². The van der Waals surface area contributed by atoms with Crippen molar-refractivity contribution in [1.29, 1.82) is 0 Å². The van der Waals surface area contributed by atoms with Crippen molar-refractivity contribution in [2.24, 2.45) is 0 Å². The second kappa shape index (κ2) is 11.5. The monoisotopic (exact) mass is 390 g/mol. The van der Waals surface area contributed by atoms with Crippen LogP contribution in [-0.2, 0) is 45.3 Å². The molecule has 2 fully saturated rings. The van der Waals surface area contributed by atoms with Crippen LogP contribution in [0.5, 0.6) is 0 Å². The van der Waals surface area contributed by atoms with Crippen LogP contribution in [-0.4, -0.2) is 52.4 Å². The summed E-state index contributed by atoms with van der Waals surface area (Å²) in [7, 11) is 0. The molecule has 0 aromatic rings. The second-order valence-electron chi connectivity index (χ2n) is 4.12. The molecule has 21 heavy (non-hydrogen) atoms. The van der Waals surface area contributed by atoms with Gasteiger partial charge in [0, 0.05) is 26.2 Å². The first-order valence-electron chi connectivity index (χ1n) is 6.38. The quantitative estimate of drug-likeness (QED) is 0.356. The summed E-state index contributed by atoms with van der Waals surface area (Å²) in [5, 5.41) is 11.2. The predicted molar refractivity (Wildman–Crippen MR) is 52.9 cm³/mol. The van der Waals surface area contributed by atoms with E-state index in [2.05, 4.69) is 24.1 Å². The Kier molecular flexibility index (Phi) is 11.5. The van der Waals surface area contributed by atoms with Crippen molar-refractivity contribution >= 4 is 0 Å². The van der Waals surface area contributed by atoms with E-state index < -0.39 is 27.2 Å². The van der Waals surface area contributed by atoms with Crippen molar-refractivity contribution in [3.05, 3.63) is 0 Å². The van der Waals surface area contributed by atoms with Crippen molar-refractivity contribution in [2.45, 2.75) is 0 Å². The average molecular weight is 390 g/mol. The third-order valence-corrected chi connectivity index (χ3v) is 4.93. The number of rotatable bonds is 2. The zero-order valence-electron chi connectivity index (χ0n) is 11.5. The molecule has 2 heterocycles. The van der Waals surface area contributed by atoms with Crippen molar-refractivity contribution in [3.8, 4) is 0 Å². The molecule has 0 aliphatic carbocycles. The molecular weight excluding hydrogens is 368 g/mol. The minimum absolute atomic E-state index is 1.19. The molecule has 0 aromatic heterocycles. The Bertz CT molecular complexity index is 380. The number of hydrogen-bond acceptors (Lipinski definition) is 9. The Morgan fingerprint density at radius 1 is 0.714 bits per heavy atom. The number of quaternary nitrogens is 2. The van der Waals surface area contributed by atoms with Crippen molar-refractivity contribution < 1.29 is 64.2 Å². The molecule has 0 unspecified atom stereocenters. The van der Waals surface area contributed by atoms with Gasteiger partial charge in [0.1, 0.15) is 0 Å². The van der Waals surface area contributed by atoms with Gasteiger partial charge in [0.05, 0.1) is 26.2 Å². The maximum absolute atomic E-state index is 9.38. The molecule has 2 aliphatic heterocycles. The molecule has 0 radical (unpaired) electrons. The fourth-order valence-corrected chi connectivity index (χ4v) is 3.09. The zero-order valence-corrected chi connectivity index (χ0v) is 14.0. The Labute approximate surface area is 127 Å². The van der Waals surface area contributed by atoms with E-state index in [1.807, 2.05) is 0 Å². The number of nitrogens with one attached hydrogen (secondary N) is 2. The molecule has 0 spiro atoms. The molecule has 2 saturated heterocycles. The van der Waals surface area contributed by atoms with Crippen LogP contribution in [0.2, 0.25) is 0 Å². The number of nitrogens with two attached hydrogens (primary N) is 2. The van der Waals surface area contributed by atoms with Crippen LogP contribution in [0, 0.1) is 0 Å². The molecule has 6 N–H and O–H groups in total.